The number of anilines is 1. The van der Waals surface area contributed by atoms with Crippen molar-refractivity contribution in [3.05, 3.63) is 42.1 Å². The van der Waals surface area contributed by atoms with E-state index < -0.39 is 11.7 Å². The van der Waals surface area contributed by atoms with Gasteiger partial charge in [-0.2, -0.15) is 13.2 Å². The molecule has 0 bridgehead atoms. The molecule has 2 heterocycles. The fourth-order valence-electron chi connectivity index (χ4n) is 3.90. The number of nitrogens with zero attached hydrogens (tertiary/aromatic N) is 3. The summed E-state index contributed by atoms with van der Waals surface area (Å²) in [5, 5.41) is 28.9. The molecule has 7 nitrogen and oxygen atoms in total. The number of aromatic hydroxyl groups is 1. The van der Waals surface area contributed by atoms with Crippen LogP contribution in [0.1, 0.15) is 24.8 Å². The van der Waals surface area contributed by atoms with E-state index in [4.69, 9.17) is 11.1 Å². The van der Waals surface area contributed by atoms with Crippen molar-refractivity contribution in [3.63, 3.8) is 0 Å². The summed E-state index contributed by atoms with van der Waals surface area (Å²) in [7, 11) is 0. The number of aromatic nitrogens is 2. The second kappa shape index (κ2) is 7.84. The van der Waals surface area contributed by atoms with E-state index in [1.54, 1.807) is 24.3 Å². The van der Waals surface area contributed by atoms with Crippen molar-refractivity contribution in [2.45, 2.75) is 37.0 Å². The van der Waals surface area contributed by atoms with Gasteiger partial charge in [0.15, 0.2) is 5.82 Å². The normalized spacial score (nSPS) is 20.7. The Balaban J connectivity index is 1.44. The molecule has 10 heteroatoms. The average molecular weight is 432 g/mol. The predicted molar refractivity (Wildman–Crippen MR) is 112 cm³/mol. The summed E-state index contributed by atoms with van der Waals surface area (Å²) in [6.07, 6.45) is -0.973. The molecule has 31 heavy (non-hydrogen) atoms. The lowest BCUT2D eigenvalue weighted by molar-refractivity contribution is -0.167. The lowest BCUT2D eigenvalue weighted by Crippen LogP contribution is -2.50. The van der Waals surface area contributed by atoms with Crippen LogP contribution >= 0.6 is 0 Å². The lowest BCUT2D eigenvalue weighted by Gasteiger charge is -2.25. The van der Waals surface area contributed by atoms with Gasteiger partial charge in [-0.25, -0.2) is 0 Å². The molecule has 2 aromatic rings. The van der Waals surface area contributed by atoms with Crippen LogP contribution in [-0.2, 0) is 0 Å². The van der Waals surface area contributed by atoms with E-state index in [1.807, 2.05) is 4.90 Å². The van der Waals surface area contributed by atoms with Gasteiger partial charge in [0.25, 0.3) is 0 Å². The van der Waals surface area contributed by atoms with Crippen LogP contribution in [0.2, 0.25) is 0 Å². The second-order valence-corrected chi connectivity index (χ2v) is 7.93. The third kappa shape index (κ3) is 4.07. The summed E-state index contributed by atoms with van der Waals surface area (Å²) >= 11 is 0. The van der Waals surface area contributed by atoms with Crippen LogP contribution in [0.25, 0.3) is 16.8 Å². The van der Waals surface area contributed by atoms with E-state index in [-0.39, 0.29) is 24.6 Å². The van der Waals surface area contributed by atoms with Crippen molar-refractivity contribution in [1.82, 2.24) is 15.5 Å². The van der Waals surface area contributed by atoms with Gasteiger partial charge >= 0.3 is 6.18 Å². The zero-order valence-corrected chi connectivity index (χ0v) is 16.7. The Hall–Kier alpha value is -3.14. The molecule has 1 saturated heterocycles. The maximum absolute atomic E-state index is 13.2. The van der Waals surface area contributed by atoms with Crippen molar-refractivity contribution >= 4 is 17.6 Å². The molecule has 1 aliphatic carbocycles. The van der Waals surface area contributed by atoms with Crippen LogP contribution in [-0.4, -0.2) is 52.4 Å². The van der Waals surface area contributed by atoms with Crippen molar-refractivity contribution in [2.24, 2.45) is 5.73 Å². The highest BCUT2D eigenvalue weighted by Crippen LogP contribution is 2.49. The highest BCUT2D eigenvalue weighted by atomic mass is 19.4. The van der Waals surface area contributed by atoms with Crippen LogP contribution in [0.3, 0.4) is 0 Å². The molecule has 2 aliphatic rings. The SMILES string of the molecule is N=C/C(=C\N)c1ccc(-c2ccc(N3CCC(NC4(C(F)(F)F)CC4)C3)nn2)c(O)c1. The first kappa shape index (κ1) is 21.1. The lowest BCUT2D eigenvalue weighted by atomic mass is 10.0. The Morgan fingerprint density at radius 1 is 1.26 bits per heavy atom. The van der Waals surface area contributed by atoms with Crippen LogP contribution in [0, 0.1) is 5.41 Å². The van der Waals surface area contributed by atoms with Gasteiger partial charge in [-0.15, -0.1) is 10.2 Å². The number of nitrogens with two attached hydrogens (primary N) is 1. The minimum Gasteiger partial charge on any atom is -0.507 e. The smallest absolute Gasteiger partial charge is 0.406 e. The number of phenols is 1. The van der Waals surface area contributed by atoms with Gasteiger partial charge in [-0.1, -0.05) is 6.07 Å². The number of hydrogen-bond acceptors (Lipinski definition) is 7. The molecule has 4 rings (SSSR count). The summed E-state index contributed by atoms with van der Waals surface area (Å²) in [6.45, 7) is 1.03. The van der Waals surface area contributed by atoms with E-state index in [2.05, 4.69) is 15.5 Å². The quantitative estimate of drug-likeness (QED) is 0.522. The molecule has 1 saturated carbocycles. The first-order valence-electron chi connectivity index (χ1n) is 9.95. The zero-order chi connectivity index (χ0) is 22.2. The van der Waals surface area contributed by atoms with Gasteiger partial charge in [0.05, 0.1) is 5.69 Å². The number of allylic oxidation sites excluding steroid dienone is 1. The highest BCUT2D eigenvalue weighted by Gasteiger charge is 2.64. The molecule has 0 radical (unpaired) electrons. The van der Waals surface area contributed by atoms with Crippen molar-refractivity contribution in [2.75, 3.05) is 18.0 Å². The first-order chi connectivity index (χ1) is 14.8. The number of hydrogen-bond donors (Lipinski definition) is 4. The van der Waals surface area contributed by atoms with E-state index in [9.17, 15) is 18.3 Å². The molecule has 1 aromatic heterocycles. The zero-order valence-electron chi connectivity index (χ0n) is 16.7. The minimum atomic E-state index is -4.22. The predicted octanol–water partition coefficient (Wildman–Crippen LogP) is 3.06. The number of benzene rings is 1. The standard InChI is InChI=1S/C21H23F3N6O/c22-21(23,24)20(6-7-20)27-15-5-8-30(12-15)19-4-3-17(28-29-19)16-2-1-13(9-18(16)31)14(10-25)11-26/h1-4,9-11,15,25,27,31H,5-8,12,26H2/b14-11+,25-10?. The van der Waals surface area contributed by atoms with E-state index in [0.29, 0.717) is 47.7 Å². The minimum absolute atomic E-state index is 0.0203. The van der Waals surface area contributed by atoms with Gasteiger partial charge in [0, 0.05) is 42.7 Å². The Bertz CT molecular complexity index is 1000. The molecule has 0 amide bonds. The van der Waals surface area contributed by atoms with E-state index in [1.165, 1.54) is 12.3 Å². The van der Waals surface area contributed by atoms with Gasteiger partial charge in [-0.05, 0) is 49.1 Å². The van der Waals surface area contributed by atoms with Crippen LogP contribution in [0.5, 0.6) is 5.75 Å². The van der Waals surface area contributed by atoms with Crippen molar-refractivity contribution in [3.8, 4) is 17.0 Å². The van der Waals surface area contributed by atoms with Crippen LogP contribution < -0.4 is 16.0 Å². The highest BCUT2D eigenvalue weighted by molar-refractivity contribution is 6.08. The number of halogens is 3. The Morgan fingerprint density at radius 3 is 2.58 bits per heavy atom. The van der Waals surface area contributed by atoms with Crippen molar-refractivity contribution < 1.29 is 18.3 Å². The molecule has 1 unspecified atom stereocenters. The summed E-state index contributed by atoms with van der Waals surface area (Å²) in [4.78, 5) is 1.91. The summed E-state index contributed by atoms with van der Waals surface area (Å²) < 4.78 is 39.5. The Kier molecular flexibility index (Phi) is 5.34. The van der Waals surface area contributed by atoms with Gasteiger partial charge < -0.3 is 21.1 Å². The molecule has 0 spiro atoms. The molecular formula is C21H23F3N6O. The molecule has 1 aromatic carbocycles. The second-order valence-electron chi connectivity index (χ2n) is 7.93. The van der Waals surface area contributed by atoms with Crippen LogP contribution in [0.4, 0.5) is 19.0 Å². The number of alkyl halides is 3. The molecule has 164 valence electrons. The Labute approximate surface area is 177 Å². The molecule has 2 fully saturated rings. The summed E-state index contributed by atoms with van der Waals surface area (Å²) in [6, 6.07) is 8.10. The summed E-state index contributed by atoms with van der Waals surface area (Å²) in [5.74, 6) is 0.561. The largest absolute Gasteiger partial charge is 0.507 e. The third-order valence-corrected chi connectivity index (χ3v) is 5.88. The fraction of sp³-hybridized carbons (Fsp3) is 0.381. The number of nitrogens with one attached hydrogen (secondary N) is 2. The van der Waals surface area contributed by atoms with Gasteiger partial charge in [0.1, 0.15) is 11.3 Å². The van der Waals surface area contributed by atoms with E-state index in [0.717, 1.165) is 6.21 Å². The van der Waals surface area contributed by atoms with E-state index >= 15 is 0 Å². The van der Waals surface area contributed by atoms with Crippen molar-refractivity contribution in [1.29, 1.82) is 5.41 Å². The molecule has 5 N–H and O–H groups in total. The molecule has 1 atom stereocenters. The maximum atomic E-state index is 13.2. The maximum Gasteiger partial charge on any atom is 0.406 e. The molecule has 1 aliphatic heterocycles. The number of rotatable bonds is 6. The monoisotopic (exact) mass is 432 g/mol. The van der Waals surface area contributed by atoms with Crippen LogP contribution in [0.15, 0.2) is 36.5 Å². The van der Waals surface area contributed by atoms with Gasteiger partial charge in [-0.3, -0.25) is 5.32 Å². The summed E-state index contributed by atoms with van der Waals surface area (Å²) in [5.41, 5.74) is 5.77. The molecular weight excluding hydrogens is 409 g/mol. The fourth-order valence-corrected chi connectivity index (χ4v) is 3.90. The first-order valence-corrected chi connectivity index (χ1v) is 9.95. The number of phenolic OH excluding ortho intramolecular Hbond substituents is 1. The topological polar surface area (TPSA) is 111 Å². The third-order valence-electron chi connectivity index (χ3n) is 5.88. The average Bonchev–Trinajstić information content (AvgIpc) is 3.39. The Morgan fingerprint density at radius 2 is 2.03 bits per heavy atom. The van der Waals surface area contributed by atoms with Gasteiger partial charge in [0.2, 0.25) is 0 Å².